The maximum absolute atomic E-state index is 13.1. The van der Waals surface area contributed by atoms with Crippen molar-refractivity contribution in [2.75, 3.05) is 39.6 Å². The Morgan fingerprint density at radius 3 is 0.680 bits per heavy atom. The van der Waals surface area contributed by atoms with Crippen molar-refractivity contribution in [1.29, 1.82) is 0 Å². The summed E-state index contributed by atoms with van der Waals surface area (Å²) in [7, 11) is -9.92. The molecule has 0 fully saturated rings. The molecule has 0 saturated heterocycles. The highest BCUT2D eigenvalue weighted by molar-refractivity contribution is 7.47. The minimum Gasteiger partial charge on any atom is -0.462 e. The molecule has 0 aliphatic carbocycles. The van der Waals surface area contributed by atoms with Gasteiger partial charge in [0.05, 0.1) is 26.4 Å². The molecule has 0 aromatic carbocycles. The third-order valence-electron chi connectivity index (χ3n) is 18.9. The molecule has 0 bridgehead atoms. The van der Waals surface area contributed by atoms with Gasteiger partial charge in [0.1, 0.15) is 19.3 Å². The number of hydrogen-bond acceptors (Lipinski definition) is 15. The van der Waals surface area contributed by atoms with Crippen LogP contribution >= 0.6 is 15.6 Å². The van der Waals surface area contributed by atoms with E-state index >= 15 is 0 Å². The standard InChI is InChI=1S/C81H158O17P2/c1-8-9-10-11-12-31-41-48-55-62-78(83)91-68-76(97-81(86)65-58-51-44-37-30-24-22-27-34-40-47-54-61-74(6)7)70-95-99(87,88)93-66-75(82)67-94-100(89,90)96-71-77(69-92-79(84)63-56-49-42-35-28-23-21-26-33-39-46-53-60-73(4)5)98-80(85)64-57-50-43-36-29-20-18-16-14-13-15-17-19-25-32-38-45-52-59-72(2)3/h72-77,82H,8-71H2,1-7H3,(H,87,88)(H,89,90)/t75-,76+,77+/m0/s1. The predicted molar refractivity (Wildman–Crippen MR) is 409 cm³/mol. The molecular formula is C81H158O17P2. The highest BCUT2D eigenvalue weighted by Gasteiger charge is 2.30. The van der Waals surface area contributed by atoms with E-state index in [-0.39, 0.29) is 25.7 Å². The number of aliphatic hydroxyl groups excluding tert-OH is 1. The van der Waals surface area contributed by atoms with E-state index in [1.807, 2.05) is 0 Å². The molecule has 2 unspecified atom stereocenters. The summed E-state index contributed by atoms with van der Waals surface area (Å²) in [5.41, 5.74) is 0. The molecule has 5 atom stereocenters. The normalized spacial score (nSPS) is 14.0. The van der Waals surface area contributed by atoms with Crippen LogP contribution in [0.1, 0.15) is 421 Å². The van der Waals surface area contributed by atoms with E-state index in [1.165, 1.54) is 231 Å². The fourth-order valence-corrected chi connectivity index (χ4v) is 14.1. The lowest BCUT2D eigenvalue weighted by molar-refractivity contribution is -0.161. The van der Waals surface area contributed by atoms with Gasteiger partial charge in [-0.3, -0.25) is 37.3 Å². The average molecular weight is 1470 g/mol. The summed E-state index contributed by atoms with van der Waals surface area (Å²) >= 11 is 0. The third-order valence-corrected chi connectivity index (χ3v) is 20.8. The van der Waals surface area contributed by atoms with Crippen molar-refractivity contribution in [1.82, 2.24) is 0 Å². The molecule has 3 N–H and O–H groups in total. The van der Waals surface area contributed by atoms with Crippen LogP contribution in [0.2, 0.25) is 0 Å². The maximum Gasteiger partial charge on any atom is 0.472 e. The molecule has 0 aliphatic rings. The number of aliphatic hydroxyl groups is 1. The van der Waals surface area contributed by atoms with E-state index in [0.29, 0.717) is 25.7 Å². The van der Waals surface area contributed by atoms with Gasteiger partial charge in [0, 0.05) is 25.7 Å². The zero-order valence-electron chi connectivity index (χ0n) is 65.7. The van der Waals surface area contributed by atoms with E-state index in [4.69, 9.17) is 37.0 Å². The van der Waals surface area contributed by atoms with Gasteiger partial charge >= 0.3 is 39.5 Å². The van der Waals surface area contributed by atoms with Crippen LogP contribution in [-0.2, 0) is 65.4 Å². The van der Waals surface area contributed by atoms with Gasteiger partial charge in [-0.05, 0) is 43.4 Å². The molecule has 100 heavy (non-hydrogen) atoms. The van der Waals surface area contributed by atoms with Crippen molar-refractivity contribution in [3.63, 3.8) is 0 Å². The fourth-order valence-electron chi connectivity index (χ4n) is 12.5. The minimum atomic E-state index is -4.96. The zero-order valence-corrected chi connectivity index (χ0v) is 67.5. The minimum absolute atomic E-state index is 0.107. The van der Waals surface area contributed by atoms with Crippen LogP contribution in [0.5, 0.6) is 0 Å². The van der Waals surface area contributed by atoms with Gasteiger partial charge < -0.3 is 33.8 Å². The molecule has 0 spiro atoms. The number of rotatable bonds is 79. The van der Waals surface area contributed by atoms with Crippen molar-refractivity contribution in [2.24, 2.45) is 17.8 Å². The smallest absolute Gasteiger partial charge is 0.462 e. The maximum atomic E-state index is 13.1. The van der Waals surface area contributed by atoms with Gasteiger partial charge in [0.15, 0.2) is 12.2 Å². The molecule has 0 amide bonds. The summed E-state index contributed by atoms with van der Waals surface area (Å²) in [5, 5.41) is 10.6. The van der Waals surface area contributed by atoms with Crippen molar-refractivity contribution in [3.8, 4) is 0 Å². The number of hydrogen-bond donors (Lipinski definition) is 3. The van der Waals surface area contributed by atoms with Gasteiger partial charge in [0.2, 0.25) is 0 Å². The summed E-state index contributed by atoms with van der Waals surface area (Å²) in [6, 6.07) is 0. The van der Waals surface area contributed by atoms with Gasteiger partial charge in [-0.15, -0.1) is 0 Å². The number of carbonyl (C=O) groups is 4. The van der Waals surface area contributed by atoms with Crippen LogP contribution in [0.4, 0.5) is 0 Å². The number of unbranched alkanes of at least 4 members (excludes halogenated alkanes) is 47. The second-order valence-electron chi connectivity index (χ2n) is 30.6. The van der Waals surface area contributed by atoms with Crippen molar-refractivity contribution in [3.05, 3.63) is 0 Å². The molecule has 0 radical (unpaired) electrons. The van der Waals surface area contributed by atoms with Crippen LogP contribution in [0.3, 0.4) is 0 Å². The fraction of sp³-hybridized carbons (Fsp3) is 0.951. The van der Waals surface area contributed by atoms with Crippen LogP contribution < -0.4 is 0 Å². The van der Waals surface area contributed by atoms with Crippen LogP contribution in [0.15, 0.2) is 0 Å². The van der Waals surface area contributed by atoms with E-state index in [0.717, 1.165) is 108 Å². The third kappa shape index (κ3) is 74.3. The first-order chi connectivity index (χ1) is 48.2. The van der Waals surface area contributed by atoms with Gasteiger partial charge in [-0.1, -0.05) is 370 Å². The summed E-state index contributed by atoms with van der Waals surface area (Å²) in [5.74, 6) is 0.267. The summed E-state index contributed by atoms with van der Waals surface area (Å²) in [6.07, 6.45) is 59.7. The van der Waals surface area contributed by atoms with Gasteiger partial charge in [0.25, 0.3) is 0 Å². The predicted octanol–water partition coefficient (Wildman–Crippen LogP) is 24.1. The lowest BCUT2D eigenvalue weighted by Crippen LogP contribution is -2.30. The monoisotopic (exact) mass is 1470 g/mol. The summed E-state index contributed by atoms with van der Waals surface area (Å²) in [4.78, 5) is 73.0. The SMILES string of the molecule is CCCCCCCCCCCC(=O)OC[C@H](COP(=O)(O)OC[C@H](O)COP(=O)(O)OC[C@@H](COC(=O)CCCCCCCCCCCCCCC(C)C)OC(=O)CCCCCCCCCCCCCCCCCCCCC(C)C)OC(=O)CCCCCCCCCCCCCCC(C)C. The van der Waals surface area contributed by atoms with E-state index in [9.17, 15) is 43.2 Å². The molecule has 594 valence electrons. The first kappa shape index (κ1) is 98.1. The Morgan fingerprint density at radius 1 is 0.270 bits per heavy atom. The quantitative estimate of drug-likeness (QED) is 0.0222. The lowest BCUT2D eigenvalue weighted by Gasteiger charge is -2.21. The molecule has 17 nitrogen and oxygen atoms in total. The Labute approximate surface area is 613 Å². The second kappa shape index (κ2) is 71.3. The molecule has 0 saturated carbocycles. The Hall–Kier alpha value is -1.94. The molecule has 0 rings (SSSR count). The zero-order chi connectivity index (χ0) is 73.7. The number of carbonyl (C=O) groups excluding carboxylic acids is 4. The molecular weight excluding hydrogens is 1310 g/mol. The van der Waals surface area contributed by atoms with Crippen molar-refractivity contribution >= 4 is 39.5 Å². The highest BCUT2D eigenvalue weighted by Crippen LogP contribution is 2.45. The highest BCUT2D eigenvalue weighted by atomic mass is 31.2. The Bertz CT molecular complexity index is 1940. The Balaban J connectivity index is 5.21. The summed E-state index contributed by atoms with van der Waals surface area (Å²) in [6.45, 7) is 12.0. The van der Waals surface area contributed by atoms with E-state index < -0.39 is 97.5 Å². The lowest BCUT2D eigenvalue weighted by atomic mass is 10.0. The van der Waals surface area contributed by atoms with Crippen LogP contribution in [0.25, 0.3) is 0 Å². The second-order valence-corrected chi connectivity index (χ2v) is 33.5. The Morgan fingerprint density at radius 2 is 0.460 bits per heavy atom. The number of phosphoric acid groups is 2. The Kier molecular flexibility index (Phi) is 69.9. The molecule has 0 heterocycles. The topological polar surface area (TPSA) is 237 Å². The first-order valence-corrected chi connectivity index (χ1v) is 44.8. The van der Waals surface area contributed by atoms with Crippen molar-refractivity contribution < 1.29 is 80.2 Å². The molecule has 19 heteroatoms. The summed E-state index contributed by atoms with van der Waals surface area (Å²) < 4.78 is 68.7. The molecule has 0 aromatic heterocycles. The first-order valence-electron chi connectivity index (χ1n) is 41.8. The average Bonchev–Trinajstić information content (AvgIpc) is 0.920. The van der Waals surface area contributed by atoms with Crippen molar-refractivity contribution in [2.45, 2.75) is 439 Å². The number of esters is 4. The molecule has 0 aliphatic heterocycles. The van der Waals surface area contributed by atoms with E-state index in [2.05, 4.69) is 48.5 Å². The number of phosphoric ester groups is 2. The van der Waals surface area contributed by atoms with E-state index in [1.54, 1.807) is 0 Å². The van der Waals surface area contributed by atoms with Crippen LogP contribution in [0, 0.1) is 17.8 Å². The van der Waals surface area contributed by atoms with Crippen LogP contribution in [-0.4, -0.2) is 96.7 Å². The molecule has 0 aromatic rings. The largest absolute Gasteiger partial charge is 0.472 e. The van der Waals surface area contributed by atoms with Gasteiger partial charge in [-0.25, -0.2) is 9.13 Å². The number of ether oxygens (including phenoxy) is 4. The van der Waals surface area contributed by atoms with Gasteiger partial charge in [-0.2, -0.15) is 0 Å².